The average Bonchev–Trinajstić information content (AvgIpc) is 2.19. The summed E-state index contributed by atoms with van der Waals surface area (Å²) in [5.41, 5.74) is 0.237. The molecule has 6 heteroatoms. The van der Waals surface area contributed by atoms with Crippen molar-refractivity contribution >= 4 is 11.9 Å². The van der Waals surface area contributed by atoms with Crippen LogP contribution in [0.2, 0.25) is 0 Å². The van der Waals surface area contributed by atoms with Crippen LogP contribution in [0.3, 0.4) is 0 Å². The van der Waals surface area contributed by atoms with Gasteiger partial charge in [-0.15, -0.1) is 0 Å². The summed E-state index contributed by atoms with van der Waals surface area (Å²) in [6, 6.07) is -0.928. The number of carboxylic acids is 1. The number of rotatable bonds is 3. The van der Waals surface area contributed by atoms with Crippen molar-refractivity contribution in [2.24, 2.45) is 0 Å². The highest BCUT2D eigenvalue weighted by atomic mass is 16.4. The van der Waals surface area contributed by atoms with Crippen LogP contribution in [0.15, 0.2) is 18.7 Å². The summed E-state index contributed by atoms with van der Waals surface area (Å²) >= 11 is 0. The summed E-state index contributed by atoms with van der Waals surface area (Å²) < 4.78 is 0. The van der Waals surface area contributed by atoms with E-state index in [9.17, 15) is 9.59 Å². The van der Waals surface area contributed by atoms with Crippen molar-refractivity contribution in [1.29, 1.82) is 0 Å². The van der Waals surface area contributed by atoms with Crippen LogP contribution in [0.5, 0.6) is 0 Å². The molecule has 0 saturated carbocycles. The van der Waals surface area contributed by atoms with Crippen LogP contribution < -0.4 is 5.32 Å². The van der Waals surface area contributed by atoms with Crippen LogP contribution in [0, 0.1) is 0 Å². The highest BCUT2D eigenvalue weighted by Crippen LogP contribution is 1.93. The maximum absolute atomic E-state index is 11.3. The summed E-state index contributed by atoms with van der Waals surface area (Å²) in [5, 5.41) is 10.8. The predicted octanol–water partition coefficient (Wildman–Crippen LogP) is -0.320. The first-order valence-corrected chi connectivity index (χ1v) is 3.90. The number of carbonyl (C=O) groups excluding carboxylic acids is 1. The third-order valence-corrected chi connectivity index (χ3v) is 1.54. The van der Waals surface area contributed by atoms with Crippen LogP contribution in [0.4, 0.5) is 0 Å². The van der Waals surface area contributed by atoms with Crippen molar-refractivity contribution in [3.05, 3.63) is 24.3 Å². The Labute approximate surface area is 80.0 Å². The van der Waals surface area contributed by atoms with Crippen molar-refractivity contribution < 1.29 is 14.7 Å². The molecule has 2 N–H and O–H groups in total. The molecule has 0 unspecified atom stereocenters. The zero-order valence-corrected chi connectivity index (χ0v) is 7.47. The minimum atomic E-state index is -1.09. The number of aromatic nitrogens is 2. The van der Waals surface area contributed by atoms with Crippen LogP contribution in [-0.4, -0.2) is 33.0 Å². The van der Waals surface area contributed by atoms with Crippen molar-refractivity contribution in [3.8, 4) is 0 Å². The Morgan fingerprint density at radius 1 is 1.43 bits per heavy atom. The number of amides is 1. The molecule has 1 heterocycles. The van der Waals surface area contributed by atoms with E-state index in [-0.39, 0.29) is 5.56 Å². The topological polar surface area (TPSA) is 92.2 Å². The van der Waals surface area contributed by atoms with E-state index in [2.05, 4.69) is 15.3 Å². The van der Waals surface area contributed by atoms with Gasteiger partial charge in [-0.3, -0.25) is 9.59 Å². The largest absolute Gasteiger partial charge is 0.480 e. The van der Waals surface area contributed by atoms with Gasteiger partial charge in [0.1, 0.15) is 12.4 Å². The highest BCUT2D eigenvalue weighted by molar-refractivity contribution is 5.95. The zero-order chi connectivity index (χ0) is 10.6. The van der Waals surface area contributed by atoms with Crippen molar-refractivity contribution in [1.82, 2.24) is 15.3 Å². The molecule has 1 rings (SSSR count). The Balaban J connectivity index is 2.64. The van der Waals surface area contributed by atoms with Crippen molar-refractivity contribution in [2.75, 3.05) is 0 Å². The Hall–Kier alpha value is -1.98. The van der Waals surface area contributed by atoms with E-state index < -0.39 is 17.9 Å². The SMILES string of the molecule is C[C@H](NC(=O)c1cncnc1)C(=O)O. The highest BCUT2D eigenvalue weighted by Gasteiger charge is 2.15. The van der Waals surface area contributed by atoms with E-state index >= 15 is 0 Å². The quantitative estimate of drug-likeness (QED) is 0.689. The minimum absolute atomic E-state index is 0.237. The normalized spacial score (nSPS) is 11.8. The van der Waals surface area contributed by atoms with Crippen LogP contribution >= 0.6 is 0 Å². The number of hydrogen-bond donors (Lipinski definition) is 2. The van der Waals surface area contributed by atoms with Gasteiger partial charge in [0.2, 0.25) is 0 Å². The van der Waals surface area contributed by atoms with Gasteiger partial charge >= 0.3 is 5.97 Å². The second-order valence-electron chi connectivity index (χ2n) is 2.66. The summed E-state index contributed by atoms with van der Waals surface area (Å²) in [6.45, 7) is 1.38. The first-order valence-electron chi connectivity index (χ1n) is 3.90. The van der Waals surface area contributed by atoms with E-state index in [1.165, 1.54) is 25.6 Å². The van der Waals surface area contributed by atoms with Gasteiger partial charge in [0.25, 0.3) is 5.91 Å². The molecule has 1 atom stereocenters. The Bertz CT molecular complexity index is 339. The van der Waals surface area contributed by atoms with Crippen molar-refractivity contribution in [2.45, 2.75) is 13.0 Å². The fourth-order valence-corrected chi connectivity index (χ4v) is 0.758. The Morgan fingerprint density at radius 3 is 2.50 bits per heavy atom. The molecule has 1 amide bonds. The molecule has 1 aromatic heterocycles. The number of aliphatic carboxylic acids is 1. The second kappa shape index (κ2) is 4.31. The van der Waals surface area contributed by atoms with Gasteiger partial charge in [-0.25, -0.2) is 9.97 Å². The molecule has 0 radical (unpaired) electrons. The molecular weight excluding hydrogens is 186 g/mol. The second-order valence-corrected chi connectivity index (χ2v) is 2.66. The summed E-state index contributed by atoms with van der Waals surface area (Å²) in [5.74, 6) is -1.59. The lowest BCUT2D eigenvalue weighted by Gasteiger charge is -2.07. The van der Waals surface area contributed by atoms with E-state index in [4.69, 9.17) is 5.11 Å². The smallest absolute Gasteiger partial charge is 0.325 e. The summed E-state index contributed by atoms with van der Waals surface area (Å²) in [6.07, 6.45) is 3.92. The minimum Gasteiger partial charge on any atom is -0.480 e. The van der Waals surface area contributed by atoms with Crippen LogP contribution in [0.25, 0.3) is 0 Å². The standard InChI is InChI=1S/C8H9N3O3/c1-5(8(13)14)11-7(12)6-2-9-4-10-3-6/h2-5H,1H3,(H,11,12)(H,13,14)/t5-/m0/s1. The molecular formula is C8H9N3O3. The molecule has 6 nitrogen and oxygen atoms in total. The van der Waals surface area contributed by atoms with Crippen LogP contribution in [0.1, 0.15) is 17.3 Å². The third-order valence-electron chi connectivity index (χ3n) is 1.54. The Kier molecular flexibility index (Phi) is 3.11. The molecule has 0 bridgehead atoms. The van der Waals surface area contributed by atoms with Gasteiger partial charge in [-0.1, -0.05) is 0 Å². The van der Waals surface area contributed by atoms with Crippen LogP contribution in [-0.2, 0) is 4.79 Å². The lowest BCUT2D eigenvalue weighted by Crippen LogP contribution is -2.38. The zero-order valence-electron chi connectivity index (χ0n) is 7.47. The maximum Gasteiger partial charge on any atom is 0.325 e. The summed E-state index contributed by atoms with van der Waals surface area (Å²) in [4.78, 5) is 29.0. The molecule has 0 aliphatic carbocycles. The van der Waals surface area contributed by atoms with E-state index in [1.807, 2.05) is 0 Å². The molecule has 1 aromatic rings. The fourth-order valence-electron chi connectivity index (χ4n) is 0.758. The maximum atomic E-state index is 11.3. The number of carboxylic acid groups (broad SMARTS) is 1. The molecule has 74 valence electrons. The first-order chi connectivity index (χ1) is 6.61. The van der Waals surface area contributed by atoms with E-state index in [0.29, 0.717) is 0 Å². The number of nitrogens with zero attached hydrogens (tertiary/aromatic N) is 2. The molecule has 0 spiro atoms. The molecule has 0 aliphatic rings. The molecule has 14 heavy (non-hydrogen) atoms. The van der Waals surface area contributed by atoms with Gasteiger partial charge in [0, 0.05) is 12.4 Å². The molecule has 0 saturated heterocycles. The van der Waals surface area contributed by atoms with E-state index in [0.717, 1.165) is 0 Å². The Morgan fingerprint density at radius 2 is 2.00 bits per heavy atom. The van der Waals surface area contributed by atoms with Gasteiger partial charge in [-0.2, -0.15) is 0 Å². The third kappa shape index (κ3) is 2.51. The number of hydrogen-bond acceptors (Lipinski definition) is 4. The number of nitrogens with one attached hydrogen (secondary N) is 1. The average molecular weight is 195 g/mol. The lowest BCUT2D eigenvalue weighted by molar-refractivity contribution is -0.138. The first kappa shape index (κ1) is 10.1. The van der Waals surface area contributed by atoms with Gasteiger partial charge in [-0.05, 0) is 6.92 Å². The van der Waals surface area contributed by atoms with Crippen molar-refractivity contribution in [3.63, 3.8) is 0 Å². The molecule has 0 fully saturated rings. The van der Waals surface area contributed by atoms with E-state index in [1.54, 1.807) is 0 Å². The molecule has 0 aromatic carbocycles. The molecule has 0 aliphatic heterocycles. The summed E-state index contributed by atoms with van der Waals surface area (Å²) in [7, 11) is 0. The monoisotopic (exact) mass is 195 g/mol. The fraction of sp³-hybridized carbons (Fsp3) is 0.250. The lowest BCUT2D eigenvalue weighted by atomic mass is 10.3. The number of carbonyl (C=O) groups is 2. The van der Waals surface area contributed by atoms with Gasteiger partial charge < -0.3 is 10.4 Å². The van der Waals surface area contributed by atoms with Gasteiger partial charge in [0.05, 0.1) is 5.56 Å². The van der Waals surface area contributed by atoms with Gasteiger partial charge in [0.15, 0.2) is 0 Å². The predicted molar refractivity (Wildman–Crippen MR) is 46.6 cm³/mol.